The smallest absolute Gasteiger partial charge is 0.263 e. The van der Waals surface area contributed by atoms with Crippen LogP contribution in [0.2, 0.25) is 0 Å². The van der Waals surface area contributed by atoms with E-state index >= 15 is 0 Å². The van der Waals surface area contributed by atoms with Gasteiger partial charge in [0.05, 0.1) is 0 Å². The van der Waals surface area contributed by atoms with Gasteiger partial charge in [0, 0.05) is 52.0 Å². The number of nitrogens with zero attached hydrogens (tertiary/aromatic N) is 2. The summed E-state index contributed by atoms with van der Waals surface area (Å²) in [6.07, 6.45) is 1.49. The lowest BCUT2D eigenvalue weighted by atomic mass is 10.1. The van der Waals surface area contributed by atoms with Crippen LogP contribution in [0.4, 0.5) is 0 Å². The zero-order valence-corrected chi connectivity index (χ0v) is 14.1. The Kier molecular flexibility index (Phi) is 7.27. The summed E-state index contributed by atoms with van der Waals surface area (Å²) >= 11 is 0. The van der Waals surface area contributed by atoms with Crippen LogP contribution in [0.15, 0.2) is 36.0 Å². The van der Waals surface area contributed by atoms with Gasteiger partial charge in [0.25, 0.3) is 5.91 Å². The van der Waals surface area contributed by atoms with Crippen LogP contribution in [0.1, 0.15) is 11.1 Å². The molecule has 0 atom stereocenters. The molecule has 24 heavy (non-hydrogen) atoms. The predicted octanol–water partition coefficient (Wildman–Crippen LogP) is 0.514. The van der Waals surface area contributed by atoms with E-state index in [1.165, 1.54) is 11.8 Å². The van der Waals surface area contributed by atoms with Gasteiger partial charge in [-0.1, -0.05) is 29.8 Å². The molecular formula is C18H25N5O. The molecule has 0 radical (unpaired) electrons. The molecule has 0 spiro atoms. The predicted molar refractivity (Wildman–Crippen MR) is 94.0 cm³/mol. The standard InChI is InChI=1S/C18H25N5O/c1-15-3-2-4-16(11-15)13-21-14-17(12-19)18(24)22-7-10-23-8-5-20-6-9-23/h2-4,11,14,20-21H,5-10,13H2,1H3,(H,22,24)/b17-14-. The van der Waals surface area contributed by atoms with Crippen molar-refractivity contribution in [3.05, 3.63) is 47.2 Å². The highest BCUT2D eigenvalue weighted by Crippen LogP contribution is 2.03. The van der Waals surface area contributed by atoms with Gasteiger partial charge in [-0.3, -0.25) is 9.69 Å². The van der Waals surface area contributed by atoms with Gasteiger partial charge < -0.3 is 16.0 Å². The van der Waals surface area contributed by atoms with Gasteiger partial charge in [-0.15, -0.1) is 0 Å². The summed E-state index contributed by atoms with van der Waals surface area (Å²) in [5.74, 6) is -0.329. The van der Waals surface area contributed by atoms with Crippen LogP contribution in [-0.4, -0.2) is 50.1 Å². The van der Waals surface area contributed by atoms with Gasteiger partial charge in [-0.2, -0.15) is 5.26 Å². The summed E-state index contributed by atoms with van der Waals surface area (Å²) in [5.41, 5.74) is 2.40. The van der Waals surface area contributed by atoms with E-state index in [1.54, 1.807) is 0 Å². The third kappa shape index (κ3) is 6.03. The van der Waals surface area contributed by atoms with Crippen molar-refractivity contribution in [1.29, 1.82) is 5.26 Å². The Morgan fingerprint density at radius 3 is 2.92 bits per heavy atom. The van der Waals surface area contributed by atoms with Crippen LogP contribution in [0.5, 0.6) is 0 Å². The molecule has 0 aromatic heterocycles. The Morgan fingerprint density at radius 1 is 1.42 bits per heavy atom. The number of carbonyl (C=O) groups is 1. The minimum atomic E-state index is -0.329. The number of hydrogen-bond acceptors (Lipinski definition) is 5. The van der Waals surface area contributed by atoms with Crippen molar-refractivity contribution in [2.75, 3.05) is 39.3 Å². The molecule has 0 bridgehead atoms. The Balaban J connectivity index is 1.74. The quantitative estimate of drug-likeness (QED) is 0.502. The molecule has 1 aliphatic rings. The van der Waals surface area contributed by atoms with E-state index in [-0.39, 0.29) is 11.5 Å². The van der Waals surface area contributed by atoms with Crippen molar-refractivity contribution in [3.8, 4) is 6.07 Å². The number of hydrogen-bond donors (Lipinski definition) is 3. The van der Waals surface area contributed by atoms with Crippen molar-refractivity contribution in [2.45, 2.75) is 13.5 Å². The fourth-order valence-corrected chi connectivity index (χ4v) is 2.60. The summed E-state index contributed by atoms with van der Waals surface area (Å²) < 4.78 is 0. The number of nitriles is 1. The average Bonchev–Trinajstić information content (AvgIpc) is 2.59. The second kappa shape index (κ2) is 9.71. The summed E-state index contributed by atoms with van der Waals surface area (Å²) in [6.45, 7) is 7.94. The summed E-state index contributed by atoms with van der Waals surface area (Å²) in [4.78, 5) is 14.3. The zero-order chi connectivity index (χ0) is 17.2. The van der Waals surface area contributed by atoms with Crippen molar-refractivity contribution >= 4 is 5.91 Å². The highest BCUT2D eigenvalue weighted by Gasteiger charge is 2.11. The van der Waals surface area contributed by atoms with Gasteiger partial charge in [-0.05, 0) is 12.5 Å². The number of rotatable bonds is 7. The van der Waals surface area contributed by atoms with Crippen molar-refractivity contribution in [3.63, 3.8) is 0 Å². The van der Waals surface area contributed by atoms with E-state index < -0.39 is 0 Å². The Hall–Kier alpha value is -2.36. The Labute approximate surface area is 143 Å². The fourth-order valence-electron chi connectivity index (χ4n) is 2.60. The molecule has 1 aromatic rings. The average molecular weight is 327 g/mol. The van der Waals surface area contributed by atoms with Crippen LogP contribution in [0.25, 0.3) is 0 Å². The number of benzene rings is 1. The molecule has 1 heterocycles. The number of aryl methyl sites for hydroxylation is 1. The molecule has 1 aromatic carbocycles. The van der Waals surface area contributed by atoms with Crippen LogP contribution in [0, 0.1) is 18.3 Å². The van der Waals surface area contributed by atoms with E-state index in [0.717, 1.165) is 38.3 Å². The molecular weight excluding hydrogens is 302 g/mol. The van der Waals surface area contributed by atoms with Gasteiger partial charge >= 0.3 is 0 Å². The summed E-state index contributed by atoms with van der Waals surface area (Å²) in [6, 6.07) is 10.1. The summed E-state index contributed by atoms with van der Waals surface area (Å²) in [7, 11) is 0. The van der Waals surface area contributed by atoms with Crippen LogP contribution < -0.4 is 16.0 Å². The third-order valence-electron chi connectivity index (χ3n) is 3.92. The van der Waals surface area contributed by atoms with Crippen LogP contribution in [-0.2, 0) is 11.3 Å². The first-order chi connectivity index (χ1) is 11.7. The molecule has 0 aliphatic carbocycles. The monoisotopic (exact) mass is 327 g/mol. The van der Waals surface area contributed by atoms with Crippen molar-refractivity contribution in [2.24, 2.45) is 0 Å². The van der Waals surface area contributed by atoms with Crippen LogP contribution >= 0.6 is 0 Å². The minimum absolute atomic E-state index is 0.1000. The van der Waals surface area contributed by atoms with E-state index in [9.17, 15) is 4.79 Å². The molecule has 0 unspecified atom stereocenters. The maximum absolute atomic E-state index is 12.0. The number of piperazine rings is 1. The van der Waals surface area contributed by atoms with E-state index in [4.69, 9.17) is 5.26 Å². The molecule has 128 valence electrons. The highest BCUT2D eigenvalue weighted by molar-refractivity contribution is 5.97. The molecule has 1 saturated heterocycles. The molecule has 6 heteroatoms. The fraction of sp³-hybridized carbons (Fsp3) is 0.444. The van der Waals surface area contributed by atoms with Crippen molar-refractivity contribution in [1.82, 2.24) is 20.9 Å². The molecule has 1 amide bonds. The normalized spacial score (nSPS) is 15.6. The van der Waals surface area contributed by atoms with E-state index in [0.29, 0.717) is 13.1 Å². The molecule has 1 aliphatic heterocycles. The number of carbonyl (C=O) groups excluding carboxylic acids is 1. The molecule has 3 N–H and O–H groups in total. The second-order valence-electron chi connectivity index (χ2n) is 5.89. The third-order valence-corrected chi connectivity index (χ3v) is 3.92. The number of amides is 1. The highest BCUT2D eigenvalue weighted by atomic mass is 16.1. The lowest BCUT2D eigenvalue weighted by molar-refractivity contribution is -0.117. The van der Waals surface area contributed by atoms with Gasteiger partial charge in [0.1, 0.15) is 11.6 Å². The maximum atomic E-state index is 12.0. The van der Waals surface area contributed by atoms with E-state index in [2.05, 4.69) is 26.9 Å². The molecule has 6 nitrogen and oxygen atoms in total. The largest absolute Gasteiger partial charge is 0.386 e. The zero-order valence-electron chi connectivity index (χ0n) is 14.1. The molecule has 0 saturated carbocycles. The molecule has 2 rings (SSSR count). The first-order valence-corrected chi connectivity index (χ1v) is 8.29. The summed E-state index contributed by atoms with van der Waals surface area (Å²) in [5, 5.41) is 18.3. The van der Waals surface area contributed by atoms with E-state index in [1.807, 2.05) is 31.2 Å². The first-order valence-electron chi connectivity index (χ1n) is 8.29. The lowest BCUT2D eigenvalue weighted by Crippen LogP contribution is -2.46. The Bertz CT molecular complexity index is 614. The topological polar surface area (TPSA) is 80.2 Å². The van der Waals surface area contributed by atoms with Gasteiger partial charge in [-0.25, -0.2) is 0 Å². The van der Waals surface area contributed by atoms with Gasteiger partial charge in [0.2, 0.25) is 0 Å². The minimum Gasteiger partial charge on any atom is -0.386 e. The maximum Gasteiger partial charge on any atom is 0.263 e. The first kappa shape index (κ1) is 18.0. The number of nitrogens with one attached hydrogen (secondary N) is 3. The van der Waals surface area contributed by atoms with Crippen molar-refractivity contribution < 1.29 is 4.79 Å². The SMILES string of the molecule is Cc1cccc(CN/C=C(/C#N)C(=O)NCCN2CCNCC2)c1. The lowest BCUT2D eigenvalue weighted by Gasteiger charge is -2.27. The van der Waals surface area contributed by atoms with Gasteiger partial charge in [0.15, 0.2) is 0 Å². The molecule has 1 fully saturated rings. The van der Waals surface area contributed by atoms with Crippen LogP contribution in [0.3, 0.4) is 0 Å². The Morgan fingerprint density at radius 2 is 2.21 bits per heavy atom. The second-order valence-corrected chi connectivity index (χ2v) is 5.89.